The summed E-state index contributed by atoms with van der Waals surface area (Å²) in [6, 6.07) is 7.09. The monoisotopic (exact) mass is 404 g/mol. The van der Waals surface area contributed by atoms with E-state index in [0.717, 1.165) is 31.4 Å². The highest BCUT2D eigenvalue weighted by atomic mass is 16.5. The highest BCUT2D eigenvalue weighted by molar-refractivity contribution is 6.39. The molecule has 0 fully saturated rings. The molecule has 0 heterocycles. The van der Waals surface area contributed by atoms with E-state index in [2.05, 4.69) is 24.5 Å². The average Bonchev–Trinajstić information content (AvgIpc) is 2.73. The molecular formula is C24H40N2O3. The smallest absolute Gasteiger partial charge is 0.313 e. The van der Waals surface area contributed by atoms with Crippen LogP contribution in [-0.2, 0) is 9.59 Å². The maximum Gasteiger partial charge on any atom is 0.313 e. The van der Waals surface area contributed by atoms with Crippen molar-refractivity contribution in [3.8, 4) is 5.75 Å². The fourth-order valence-corrected chi connectivity index (χ4v) is 3.05. The number of hydrogen-bond acceptors (Lipinski definition) is 3. The highest BCUT2D eigenvalue weighted by Crippen LogP contribution is 2.16. The molecule has 5 nitrogen and oxygen atoms in total. The van der Waals surface area contributed by atoms with Crippen LogP contribution in [0.3, 0.4) is 0 Å². The van der Waals surface area contributed by atoms with Crippen molar-refractivity contribution in [1.29, 1.82) is 0 Å². The number of carbonyl (C=O) groups excluding carboxylic acids is 2. The molecule has 0 aliphatic heterocycles. The van der Waals surface area contributed by atoms with E-state index in [4.69, 9.17) is 4.74 Å². The van der Waals surface area contributed by atoms with Gasteiger partial charge in [-0.3, -0.25) is 9.59 Å². The van der Waals surface area contributed by atoms with Gasteiger partial charge in [-0.15, -0.1) is 0 Å². The summed E-state index contributed by atoms with van der Waals surface area (Å²) < 4.78 is 5.58. The van der Waals surface area contributed by atoms with Gasteiger partial charge in [0.2, 0.25) is 0 Å². The van der Waals surface area contributed by atoms with Gasteiger partial charge in [0.15, 0.2) is 0 Å². The van der Waals surface area contributed by atoms with Crippen molar-refractivity contribution in [3.05, 3.63) is 24.3 Å². The zero-order valence-electron chi connectivity index (χ0n) is 18.4. The molecule has 0 aliphatic carbocycles. The van der Waals surface area contributed by atoms with E-state index in [1.807, 2.05) is 0 Å². The Bertz CT molecular complexity index is 558. The second kappa shape index (κ2) is 16.9. The molecule has 0 bridgehead atoms. The van der Waals surface area contributed by atoms with Crippen LogP contribution in [0.15, 0.2) is 24.3 Å². The number of unbranched alkanes of at least 4 members (excludes halogenated alkanes) is 10. The Labute approximate surface area is 177 Å². The molecular weight excluding hydrogens is 364 g/mol. The molecule has 1 rings (SSSR count). The van der Waals surface area contributed by atoms with E-state index in [0.29, 0.717) is 18.8 Å². The van der Waals surface area contributed by atoms with Crippen LogP contribution >= 0.6 is 0 Å². The van der Waals surface area contributed by atoms with Crippen LogP contribution < -0.4 is 15.4 Å². The van der Waals surface area contributed by atoms with Crippen molar-refractivity contribution >= 4 is 17.5 Å². The predicted octanol–water partition coefficient (Wildman–Crippen LogP) is 5.84. The van der Waals surface area contributed by atoms with Gasteiger partial charge in [-0.25, -0.2) is 0 Å². The molecule has 2 amide bonds. The standard InChI is InChI=1S/C24H40N2O3/c1-3-5-7-8-9-10-11-12-13-14-19-25-23(27)24(28)26-21-15-17-22(18-16-21)29-20-6-4-2/h15-18H,3-14,19-20H2,1-2H3,(H,25,27)(H,26,28). The van der Waals surface area contributed by atoms with Crippen molar-refractivity contribution in [2.45, 2.75) is 90.9 Å². The fourth-order valence-electron chi connectivity index (χ4n) is 3.05. The molecule has 0 saturated heterocycles. The maximum absolute atomic E-state index is 12.0. The molecule has 2 N–H and O–H groups in total. The third-order valence-corrected chi connectivity index (χ3v) is 4.90. The molecule has 0 aliphatic rings. The topological polar surface area (TPSA) is 67.4 Å². The lowest BCUT2D eigenvalue weighted by Gasteiger charge is -2.08. The minimum atomic E-state index is -0.628. The van der Waals surface area contributed by atoms with E-state index in [-0.39, 0.29) is 0 Å². The van der Waals surface area contributed by atoms with Gasteiger partial charge in [-0.05, 0) is 37.1 Å². The molecule has 5 heteroatoms. The van der Waals surface area contributed by atoms with Crippen LogP contribution in [-0.4, -0.2) is 25.0 Å². The minimum Gasteiger partial charge on any atom is -0.494 e. The summed E-state index contributed by atoms with van der Waals surface area (Å²) in [7, 11) is 0. The maximum atomic E-state index is 12.0. The Morgan fingerprint density at radius 1 is 0.724 bits per heavy atom. The third-order valence-electron chi connectivity index (χ3n) is 4.90. The Morgan fingerprint density at radius 2 is 1.28 bits per heavy atom. The number of nitrogens with one attached hydrogen (secondary N) is 2. The van der Waals surface area contributed by atoms with Gasteiger partial charge in [0.1, 0.15) is 5.75 Å². The SMILES string of the molecule is CCCCCCCCCCCCNC(=O)C(=O)Nc1ccc(OCCCC)cc1. The minimum absolute atomic E-state index is 0.549. The van der Waals surface area contributed by atoms with E-state index in [1.54, 1.807) is 24.3 Å². The number of anilines is 1. The number of ether oxygens (including phenoxy) is 1. The van der Waals surface area contributed by atoms with Crippen LogP contribution in [0.4, 0.5) is 5.69 Å². The van der Waals surface area contributed by atoms with Gasteiger partial charge in [-0.1, -0.05) is 78.1 Å². The first-order valence-electron chi connectivity index (χ1n) is 11.5. The van der Waals surface area contributed by atoms with Crippen molar-refractivity contribution in [3.63, 3.8) is 0 Å². The molecule has 0 aromatic heterocycles. The average molecular weight is 405 g/mol. The lowest BCUT2D eigenvalue weighted by Crippen LogP contribution is -2.35. The van der Waals surface area contributed by atoms with Crippen LogP contribution in [0.25, 0.3) is 0 Å². The summed E-state index contributed by atoms with van der Waals surface area (Å²) >= 11 is 0. The van der Waals surface area contributed by atoms with E-state index in [9.17, 15) is 9.59 Å². The van der Waals surface area contributed by atoms with Gasteiger partial charge in [0.05, 0.1) is 6.61 Å². The Morgan fingerprint density at radius 3 is 1.86 bits per heavy atom. The van der Waals surface area contributed by atoms with E-state index < -0.39 is 11.8 Å². The van der Waals surface area contributed by atoms with Crippen molar-refractivity contribution in [2.75, 3.05) is 18.5 Å². The zero-order valence-corrected chi connectivity index (χ0v) is 18.4. The molecule has 1 aromatic carbocycles. The number of benzene rings is 1. The summed E-state index contributed by atoms with van der Waals surface area (Å²) in [5, 5.41) is 5.32. The zero-order chi connectivity index (χ0) is 21.2. The molecule has 0 saturated carbocycles. The number of rotatable bonds is 16. The number of carbonyl (C=O) groups is 2. The second-order valence-corrected chi connectivity index (χ2v) is 7.62. The summed E-state index contributed by atoms with van der Waals surface area (Å²) in [6.07, 6.45) is 14.6. The second-order valence-electron chi connectivity index (χ2n) is 7.62. The largest absolute Gasteiger partial charge is 0.494 e. The van der Waals surface area contributed by atoms with E-state index >= 15 is 0 Å². The Balaban J connectivity index is 2.07. The third kappa shape index (κ3) is 12.9. The molecule has 0 spiro atoms. The normalized spacial score (nSPS) is 10.6. The fraction of sp³-hybridized carbons (Fsp3) is 0.667. The van der Waals surface area contributed by atoms with Crippen molar-refractivity contribution < 1.29 is 14.3 Å². The molecule has 29 heavy (non-hydrogen) atoms. The first-order chi connectivity index (χ1) is 14.2. The first-order valence-corrected chi connectivity index (χ1v) is 11.5. The highest BCUT2D eigenvalue weighted by Gasteiger charge is 2.12. The molecule has 0 radical (unpaired) electrons. The van der Waals surface area contributed by atoms with E-state index in [1.165, 1.54) is 51.4 Å². The molecule has 164 valence electrons. The first kappa shape index (κ1) is 25.0. The summed E-state index contributed by atoms with van der Waals surface area (Å²) in [6.45, 7) is 5.59. The quantitative estimate of drug-likeness (QED) is 0.269. The van der Waals surface area contributed by atoms with Crippen LogP contribution in [0, 0.1) is 0 Å². The van der Waals surface area contributed by atoms with Gasteiger partial charge in [0.25, 0.3) is 0 Å². The van der Waals surface area contributed by atoms with Crippen LogP contribution in [0.1, 0.15) is 90.9 Å². The molecule has 1 aromatic rings. The lowest BCUT2D eigenvalue weighted by atomic mass is 10.1. The number of amides is 2. The van der Waals surface area contributed by atoms with Crippen molar-refractivity contribution in [2.24, 2.45) is 0 Å². The summed E-state index contributed by atoms with van der Waals surface area (Å²) in [5.74, 6) is -0.442. The van der Waals surface area contributed by atoms with Crippen LogP contribution in [0.5, 0.6) is 5.75 Å². The van der Waals surface area contributed by atoms with Gasteiger partial charge in [0, 0.05) is 12.2 Å². The predicted molar refractivity (Wildman–Crippen MR) is 120 cm³/mol. The summed E-state index contributed by atoms with van der Waals surface area (Å²) in [5.41, 5.74) is 0.590. The van der Waals surface area contributed by atoms with Gasteiger partial charge < -0.3 is 15.4 Å². The lowest BCUT2D eigenvalue weighted by molar-refractivity contribution is -0.136. The van der Waals surface area contributed by atoms with Crippen molar-refractivity contribution in [1.82, 2.24) is 5.32 Å². The van der Waals surface area contributed by atoms with Crippen LogP contribution in [0.2, 0.25) is 0 Å². The number of hydrogen-bond donors (Lipinski definition) is 2. The van der Waals surface area contributed by atoms with Gasteiger partial charge in [-0.2, -0.15) is 0 Å². The summed E-state index contributed by atoms with van der Waals surface area (Å²) in [4.78, 5) is 23.9. The van der Waals surface area contributed by atoms with Gasteiger partial charge >= 0.3 is 11.8 Å². The Kier molecular flexibility index (Phi) is 14.5. The Hall–Kier alpha value is -2.04. The molecule has 0 unspecified atom stereocenters. The molecule has 0 atom stereocenters.